The van der Waals surface area contributed by atoms with E-state index in [1.807, 2.05) is 0 Å². The van der Waals surface area contributed by atoms with Crippen LogP contribution in [-0.2, 0) is 8.85 Å². The van der Waals surface area contributed by atoms with Crippen LogP contribution in [0.4, 0.5) is 0 Å². The highest BCUT2D eigenvalue weighted by Gasteiger charge is 2.27. The first-order valence-electron chi connectivity index (χ1n) is 4.49. The van der Waals surface area contributed by atoms with Gasteiger partial charge in [-0.15, -0.1) is 0 Å². The molecular weight excluding hydrogens is 184 g/mol. The van der Waals surface area contributed by atoms with E-state index in [2.05, 4.69) is 18.8 Å². The molecule has 5 heteroatoms. The van der Waals surface area contributed by atoms with Gasteiger partial charge >= 0.3 is 8.56 Å². The molecule has 0 fully saturated rings. The Morgan fingerprint density at radius 1 is 1.23 bits per heavy atom. The van der Waals surface area contributed by atoms with E-state index in [-0.39, 0.29) is 6.15 Å². The summed E-state index contributed by atoms with van der Waals surface area (Å²) < 4.78 is 10.7. The molecule has 0 amide bonds. The van der Waals surface area contributed by atoms with Crippen molar-refractivity contribution in [3.63, 3.8) is 0 Å². The predicted molar refractivity (Wildman–Crippen MR) is 58.6 cm³/mol. The summed E-state index contributed by atoms with van der Waals surface area (Å²) in [5.41, 5.74) is 0. The highest BCUT2D eigenvalue weighted by Crippen LogP contribution is 2.12. The van der Waals surface area contributed by atoms with Crippen molar-refractivity contribution in [3.05, 3.63) is 0 Å². The Labute approximate surface area is 82.8 Å². The third kappa shape index (κ3) is 7.15. The topological polar surface area (TPSA) is 65.5 Å². The molecule has 0 atom stereocenters. The van der Waals surface area contributed by atoms with Gasteiger partial charge in [-0.1, -0.05) is 6.92 Å². The average molecular weight is 208 g/mol. The van der Waals surface area contributed by atoms with Crippen molar-refractivity contribution in [2.75, 3.05) is 27.3 Å². The summed E-state index contributed by atoms with van der Waals surface area (Å²) in [7, 11) is 1.69. The van der Waals surface area contributed by atoms with Crippen molar-refractivity contribution in [2.45, 2.75) is 25.9 Å². The Hall–Kier alpha value is 0.0569. The summed E-state index contributed by atoms with van der Waals surface area (Å²) >= 11 is 0. The highest BCUT2D eigenvalue weighted by molar-refractivity contribution is 6.65. The molecule has 0 aromatic rings. The fraction of sp³-hybridized carbons (Fsp3) is 1.00. The average Bonchev–Trinajstić information content (AvgIpc) is 2.12. The maximum absolute atomic E-state index is 5.36. The summed E-state index contributed by atoms with van der Waals surface area (Å²) in [6.07, 6.45) is 1.14. The normalized spacial score (nSPS) is 11.1. The fourth-order valence-electron chi connectivity index (χ4n) is 0.999. The van der Waals surface area contributed by atoms with E-state index in [4.69, 9.17) is 8.85 Å². The smallest absolute Gasteiger partial charge is 0.334 e. The van der Waals surface area contributed by atoms with Crippen LogP contribution >= 0.6 is 0 Å². The van der Waals surface area contributed by atoms with Gasteiger partial charge in [0.05, 0.1) is 0 Å². The molecule has 0 spiro atoms. The predicted octanol–water partition coefficient (Wildman–Crippen LogP) is 1.51. The Bertz CT molecular complexity index is 110. The number of hydrogen-bond acceptors (Lipinski definition) is 4. The Balaban J connectivity index is 0. The lowest BCUT2D eigenvalue weighted by atomic mass is 10.5. The van der Waals surface area contributed by atoms with Crippen LogP contribution in [0.3, 0.4) is 0 Å². The van der Waals surface area contributed by atoms with E-state index in [0.717, 1.165) is 25.6 Å². The van der Waals surface area contributed by atoms with E-state index in [1.54, 1.807) is 14.2 Å². The van der Waals surface area contributed by atoms with E-state index in [0.29, 0.717) is 0 Å². The van der Waals surface area contributed by atoms with Crippen LogP contribution in [0.15, 0.2) is 0 Å². The highest BCUT2D eigenvalue weighted by atomic mass is 28.4. The van der Waals surface area contributed by atoms with Gasteiger partial charge < -0.3 is 20.3 Å². The summed E-state index contributed by atoms with van der Waals surface area (Å²) in [5, 5.41) is 3.28. The third-order valence-electron chi connectivity index (χ3n) is 2.10. The SMILES string of the molecule is CCNCCC[Si](C)(OC)OC.N. The second kappa shape index (κ2) is 8.65. The molecule has 0 rings (SSSR count). The van der Waals surface area contributed by atoms with E-state index in [9.17, 15) is 0 Å². The van der Waals surface area contributed by atoms with E-state index < -0.39 is 8.56 Å². The monoisotopic (exact) mass is 208 g/mol. The molecule has 0 saturated heterocycles. The number of rotatable bonds is 7. The van der Waals surface area contributed by atoms with Gasteiger partial charge in [0.25, 0.3) is 0 Å². The minimum absolute atomic E-state index is 0. The zero-order valence-electron chi connectivity index (χ0n) is 9.35. The summed E-state index contributed by atoms with van der Waals surface area (Å²) in [5.74, 6) is 0. The first-order valence-corrected chi connectivity index (χ1v) is 7.02. The van der Waals surface area contributed by atoms with Crippen molar-refractivity contribution in [1.29, 1.82) is 0 Å². The molecule has 0 aromatic heterocycles. The van der Waals surface area contributed by atoms with Crippen LogP contribution < -0.4 is 11.5 Å². The van der Waals surface area contributed by atoms with E-state index in [1.165, 1.54) is 0 Å². The third-order valence-corrected chi connectivity index (χ3v) is 5.09. The maximum atomic E-state index is 5.36. The van der Waals surface area contributed by atoms with Crippen molar-refractivity contribution >= 4 is 8.56 Å². The van der Waals surface area contributed by atoms with E-state index >= 15 is 0 Å². The van der Waals surface area contributed by atoms with Gasteiger partial charge in [-0.05, 0) is 32.1 Å². The molecule has 0 unspecified atom stereocenters. The van der Waals surface area contributed by atoms with Gasteiger partial charge in [-0.3, -0.25) is 0 Å². The molecule has 0 aliphatic heterocycles. The lowest BCUT2D eigenvalue weighted by Crippen LogP contribution is -2.36. The molecule has 0 radical (unpaired) electrons. The Kier molecular flexibility index (Phi) is 10.3. The van der Waals surface area contributed by atoms with Gasteiger partial charge in [-0.2, -0.15) is 0 Å². The molecule has 0 aliphatic rings. The standard InChI is InChI=1S/C8H21NO2Si.H3N/c1-5-9-7-6-8-12(4,10-2)11-3;/h9H,5-8H2,1-4H3;1H3. The van der Waals surface area contributed by atoms with Crippen molar-refractivity contribution in [3.8, 4) is 0 Å². The molecule has 13 heavy (non-hydrogen) atoms. The molecule has 4 N–H and O–H groups in total. The molecule has 0 saturated carbocycles. The van der Waals surface area contributed by atoms with Crippen LogP contribution in [0.5, 0.6) is 0 Å². The molecule has 0 bridgehead atoms. The van der Waals surface area contributed by atoms with Crippen LogP contribution in [0.25, 0.3) is 0 Å². The van der Waals surface area contributed by atoms with Crippen molar-refractivity contribution in [2.24, 2.45) is 0 Å². The van der Waals surface area contributed by atoms with Crippen LogP contribution in [0.1, 0.15) is 13.3 Å². The van der Waals surface area contributed by atoms with Crippen LogP contribution in [0.2, 0.25) is 12.6 Å². The first-order chi connectivity index (χ1) is 5.68. The van der Waals surface area contributed by atoms with Gasteiger partial charge in [0.1, 0.15) is 0 Å². The molecule has 4 nitrogen and oxygen atoms in total. The number of hydrogen-bond donors (Lipinski definition) is 2. The number of nitrogens with one attached hydrogen (secondary N) is 1. The fourth-order valence-corrected chi connectivity index (χ4v) is 2.39. The summed E-state index contributed by atoms with van der Waals surface area (Å²) in [4.78, 5) is 0. The van der Waals surface area contributed by atoms with Gasteiger partial charge in [-0.25, -0.2) is 0 Å². The van der Waals surface area contributed by atoms with Crippen molar-refractivity contribution < 1.29 is 8.85 Å². The zero-order chi connectivity index (χ0) is 9.45. The van der Waals surface area contributed by atoms with Gasteiger partial charge in [0.15, 0.2) is 0 Å². The molecule has 0 heterocycles. The van der Waals surface area contributed by atoms with Gasteiger partial charge in [0, 0.05) is 14.2 Å². The molecule has 82 valence electrons. The van der Waals surface area contributed by atoms with Crippen molar-refractivity contribution in [1.82, 2.24) is 11.5 Å². The quantitative estimate of drug-likeness (QED) is 0.492. The Morgan fingerprint density at radius 3 is 2.15 bits per heavy atom. The summed E-state index contributed by atoms with van der Waals surface area (Å²) in [6.45, 7) is 6.31. The lowest BCUT2D eigenvalue weighted by molar-refractivity contribution is 0.248. The molecule has 0 aliphatic carbocycles. The zero-order valence-corrected chi connectivity index (χ0v) is 10.4. The molecule has 0 aromatic carbocycles. The minimum Gasteiger partial charge on any atom is -0.398 e. The van der Waals surface area contributed by atoms with Crippen LogP contribution in [0, 0.1) is 0 Å². The first kappa shape index (κ1) is 15.5. The maximum Gasteiger partial charge on any atom is 0.334 e. The van der Waals surface area contributed by atoms with Gasteiger partial charge in [0.2, 0.25) is 0 Å². The minimum atomic E-state index is -1.79. The second-order valence-corrected chi connectivity index (χ2v) is 6.58. The second-order valence-electron chi connectivity index (χ2n) is 3.00. The summed E-state index contributed by atoms with van der Waals surface area (Å²) in [6, 6.07) is 1.06. The van der Waals surface area contributed by atoms with Crippen LogP contribution in [-0.4, -0.2) is 35.9 Å². The Morgan fingerprint density at radius 2 is 1.77 bits per heavy atom. The largest absolute Gasteiger partial charge is 0.398 e. The molecular formula is C8H24N2O2Si. The lowest BCUT2D eigenvalue weighted by Gasteiger charge is -2.22.